The molecule has 0 saturated heterocycles. The first-order valence-electron chi connectivity index (χ1n) is 6.71. The second kappa shape index (κ2) is 5.72. The monoisotopic (exact) mass is 298 g/mol. The highest BCUT2D eigenvalue weighted by Gasteiger charge is 2.19. The zero-order valence-corrected chi connectivity index (χ0v) is 13.3. The summed E-state index contributed by atoms with van der Waals surface area (Å²) in [5.74, 6) is 1.55. The maximum Gasteiger partial charge on any atom is 0.127 e. The van der Waals surface area contributed by atoms with Crippen LogP contribution in [-0.4, -0.2) is 9.55 Å². The van der Waals surface area contributed by atoms with Crippen molar-refractivity contribution in [1.29, 1.82) is 0 Å². The van der Waals surface area contributed by atoms with Crippen LogP contribution in [-0.2, 0) is 0 Å². The maximum absolute atomic E-state index is 6.28. The SMILES string of the molecule is CC(C)CC(C)n1c(C(C)Cl)nc2ccc(Cl)cc21. The smallest absolute Gasteiger partial charge is 0.127 e. The van der Waals surface area contributed by atoms with Crippen molar-refractivity contribution in [2.75, 3.05) is 0 Å². The van der Waals surface area contributed by atoms with E-state index in [1.54, 1.807) is 0 Å². The average Bonchev–Trinajstić information content (AvgIpc) is 2.66. The lowest BCUT2D eigenvalue weighted by Gasteiger charge is -2.20. The van der Waals surface area contributed by atoms with Crippen LogP contribution in [0.15, 0.2) is 18.2 Å². The van der Waals surface area contributed by atoms with E-state index in [2.05, 4.69) is 30.3 Å². The molecular formula is C15H20Cl2N2. The molecule has 2 nitrogen and oxygen atoms in total. The number of hydrogen-bond acceptors (Lipinski definition) is 1. The summed E-state index contributed by atoms with van der Waals surface area (Å²) in [6.07, 6.45) is 1.09. The van der Waals surface area contributed by atoms with Gasteiger partial charge in [-0.2, -0.15) is 0 Å². The number of nitrogens with zero attached hydrogens (tertiary/aromatic N) is 2. The van der Waals surface area contributed by atoms with Crippen molar-refractivity contribution in [1.82, 2.24) is 9.55 Å². The van der Waals surface area contributed by atoms with Gasteiger partial charge in [-0.3, -0.25) is 0 Å². The third-order valence-electron chi connectivity index (χ3n) is 3.29. The van der Waals surface area contributed by atoms with Gasteiger partial charge in [0.15, 0.2) is 0 Å². The Morgan fingerprint density at radius 3 is 2.47 bits per heavy atom. The molecular weight excluding hydrogens is 279 g/mol. The molecule has 0 radical (unpaired) electrons. The summed E-state index contributed by atoms with van der Waals surface area (Å²) in [5, 5.41) is 0.625. The zero-order valence-electron chi connectivity index (χ0n) is 11.8. The molecule has 2 aromatic rings. The highest BCUT2D eigenvalue weighted by molar-refractivity contribution is 6.31. The summed E-state index contributed by atoms with van der Waals surface area (Å²) in [6.45, 7) is 8.63. The van der Waals surface area contributed by atoms with Crippen LogP contribution in [0, 0.1) is 5.92 Å². The van der Waals surface area contributed by atoms with Crippen molar-refractivity contribution in [3.63, 3.8) is 0 Å². The van der Waals surface area contributed by atoms with Crippen molar-refractivity contribution in [2.45, 2.75) is 45.5 Å². The van der Waals surface area contributed by atoms with Crippen molar-refractivity contribution in [3.05, 3.63) is 29.0 Å². The summed E-state index contributed by atoms with van der Waals surface area (Å²) in [7, 11) is 0. The Morgan fingerprint density at radius 2 is 1.89 bits per heavy atom. The average molecular weight is 299 g/mol. The molecule has 4 heteroatoms. The van der Waals surface area contributed by atoms with Crippen LogP contribution < -0.4 is 0 Å². The molecule has 104 valence electrons. The van der Waals surface area contributed by atoms with E-state index in [1.807, 2.05) is 25.1 Å². The third kappa shape index (κ3) is 3.06. The molecule has 1 heterocycles. The number of alkyl halides is 1. The van der Waals surface area contributed by atoms with Gasteiger partial charge >= 0.3 is 0 Å². The van der Waals surface area contributed by atoms with E-state index in [0.29, 0.717) is 12.0 Å². The number of rotatable bonds is 4. The van der Waals surface area contributed by atoms with Gasteiger partial charge in [0.2, 0.25) is 0 Å². The van der Waals surface area contributed by atoms with Gasteiger partial charge < -0.3 is 4.57 Å². The number of hydrogen-bond donors (Lipinski definition) is 0. The van der Waals surface area contributed by atoms with Crippen LogP contribution in [0.3, 0.4) is 0 Å². The van der Waals surface area contributed by atoms with E-state index in [-0.39, 0.29) is 5.38 Å². The Morgan fingerprint density at radius 1 is 1.21 bits per heavy atom. The Balaban J connectivity index is 2.59. The second-order valence-corrected chi connectivity index (χ2v) is 6.66. The number of fused-ring (bicyclic) bond motifs is 1. The molecule has 2 atom stereocenters. The molecule has 1 aromatic carbocycles. The van der Waals surface area contributed by atoms with Gasteiger partial charge in [-0.15, -0.1) is 11.6 Å². The highest BCUT2D eigenvalue weighted by atomic mass is 35.5. The molecule has 0 aliphatic heterocycles. The van der Waals surface area contributed by atoms with Gasteiger partial charge in [-0.05, 0) is 44.4 Å². The molecule has 0 N–H and O–H groups in total. The van der Waals surface area contributed by atoms with Gasteiger partial charge in [0.25, 0.3) is 0 Å². The van der Waals surface area contributed by atoms with Gasteiger partial charge in [-0.25, -0.2) is 4.98 Å². The molecule has 0 amide bonds. The van der Waals surface area contributed by atoms with Gasteiger partial charge in [0.1, 0.15) is 5.82 Å². The number of benzene rings is 1. The second-order valence-electron chi connectivity index (χ2n) is 5.57. The topological polar surface area (TPSA) is 17.8 Å². The van der Waals surface area contributed by atoms with E-state index in [4.69, 9.17) is 23.2 Å². The Labute approximate surface area is 124 Å². The number of imidazole rings is 1. The van der Waals surface area contributed by atoms with Gasteiger partial charge in [0, 0.05) is 11.1 Å². The highest BCUT2D eigenvalue weighted by Crippen LogP contribution is 2.31. The predicted octanol–water partition coefficient (Wildman–Crippen LogP) is 5.60. The van der Waals surface area contributed by atoms with Crippen LogP contribution in [0.4, 0.5) is 0 Å². The first-order valence-corrected chi connectivity index (χ1v) is 7.53. The number of halogens is 2. The quantitative estimate of drug-likeness (QED) is 0.672. The fraction of sp³-hybridized carbons (Fsp3) is 0.533. The van der Waals surface area contributed by atoms with E-state index in [1.165, 1.54) is 0 Å². The summed E-state index contributed by atoms with van der Waals surface area (Å²) >= 11 is 12.4. The number of aromatic nitrogens is 2. The minimum atomic E-state index is -0.110. The van der Waals surface area contributed by atoms with Crippen LogP contribution in [0.1, 0.15) is 51.4 Å². The summed E-state index contributed by atoms with van der Waals surface area (Å²) in [5.41, 5.74) is 2.03. The molecule has 0 aliphatic carbocycles. The van der Waals surface area contributed by atoms with Crippen molar-refractivity contribution in [2.24, 2.45) is 5.92 Å². The molecule has 1 aromatic heterocycles. The van der Waals surface area contributed by atoms with E-state index < -0.39 is 0 Å². The van der Waals surface area contributed by atoms with E-state index >= 15 is 0 Å². The predicted molar refractivity (Wildman–Crippen MR) is 83.2 cm³/mol. The summed E-state index contributed by atoms with van der Waals surface area (Å²) in [6, 6.07) is 6.17. The summed E-state index contributed by atoms with van der Waals surface area (Å²) < 4.78 is 2.24. The molecule has 0 bridgehead atoms. The van der Waals surface area contributed by atoms with E-state index in [0.717, 1.165) is 28.3 Å². The maximum atomic E-state index is 6.28. The Bertz CT molecular complexity index is 573. The first kappa shape index (κ1) is 14.7. The van der Waals surface area contributed by atoms with Crippen molar-refractivity contribution >= 4 is 34.2 Å². The van der Waals surface area contributed by atoms with Crippen LogP contribution in [0.25, 0.3) is 11.0 Å². The van der Waals surface area contributed by atoms with Gasteiger partial charge in [0.05, 0.1) is 16.4 Å². The van der Waals surface area contributed by atoms with E-state index in [9.17, 15) is 0 Å². The lowest BCUT2D eigenvalue weighted by Crippen LogP contribution is -2.12. The minimum Gasteiger partial charge on any atom is -0.324 e. The van der Waals surface area contributed by atoms with Crippen LogP contribution >= 0.6 is 23.2 Å². The molecule has 19 heavy (non-hydrogen) atoms. The fourth-order valence-corrected chi connectivity index (χ4v) is 2.94. The van der Waals surface area contributed by atoms with Crippen molar-refractivity contribution < 1.29 is 0 Å². The van der Waals surface area contributed by atoms with Gasteiger partial charge in [-0.1, -0.05) is 25.4 Å². The third-order valence-corrected chi connectivity index (χ3v) is 3.72. The Hall–Kier alpha value is -0.730. The van der Waals surface area contributed by atoms with Crippen LogP contribution in [0.2, 0.25) is 5.02 Å². The minimum absolute atomic E-state index is 0.110. The first-order chi connectivity index (χ1) is 8.90. The van der Waals surface area contributed by atoms with Crippen LogP contribution in [0.5, 0.6) is 0 Å². The molecule has 0 saturated carbocycles. The lowest BCUT2D eigenvalue weighted by molar-refractivity contribution is 0.425. The standard InChI is InChI=1S/C15H20Cl2N2/c1-9(2)7-10(3)19-14-8-12(17)5-6-13(14)18-15(19)11(4)16/h5-6,8-11H,7H2,1-4H3. The zero-order chi connectivity index (χ0) is 14.2. The molecule has 0 spiro atoms. The lowest BCUT2D eigenvalue weighted by atomic mass is 10.0. The largest absolute Gasteiger partial charge is 0.324 e. The summed E-state index contributed by atoms with van der Waals surface area (Å²) in [4.78, 5) is 4.65. The van der Waals surface area contributed by atoms with Crippen molar-refractivity contribution in [3.8, 4) is 0 Å². The fourth-order valence-electron chi connectivity index (χ4n) is 2.62. The molecule has 2 unspecified atom stereocenters. The molecule has 2 rings (SSSR count). The molecule has 0 fully saturated rings. The normalized spacial score (nSPS) is 15.1. The molecule has 0 aliphatic rings. The Kier molecular flexibility index (Phi) is 4.42.